The van der Waals surface area contributed by atoms with Gasteiger partial charge in [0.15, 0.2) is 6.23 Å². The number of carbonyl (C=O) groups is 4. The highest BCUT2D eigenvalue weighted by molar-refractivity contribution is 6.05. The minimum Gasteiger partial charge on any atom is -0.481 e. The number of aliphatic carboxylic acids is 2. The quantitative estimate of drug-likeness (QED) is 0.157. The molecule has 1 fully saturated rings. The van der Waals surface area contributed by atoms with Crippen molar-refractivity contribution in [2.75, 3.05) is 11.9 Å². The van der Waals surface area contributed by atoms with Crippen LogP contribution in [0, 0.1) is 5.92 Å². The van der Waals surface area contributed by atoms with Gasteiger partial charge in [-0.05, 0) is 6.07 Å². The Kier molecular flexibility index (Phi) is 9.04. The molecule has 0 bridgehead atoms. The van der Waals surface area contributed by atoms with Crippen molar-refractivity contribution in [3.63, 3.8) is 0 Å². The number of aliphatic hydroxyl groups is 3. The molecule has 6 atom stereocenters. The summed E-state index contributed by atoms with van der Waals surface area (Å²) < 4.78 is 6.04. The minimum absolute atomic E-state index is 0.310. The maximum absolute atomic E-state index is 12.5. The van der Waals surface area contributed by atoms with Crippen LogP contribution in [0.2, 0.25) is 0 Å². The van der Waals surface area contributed by atoms with Gasteiger partial charge in [-0.15, -0.1) is 0 Å². The third-order valence-corrected chi connectivity index (χ3v) is 4.70. The lowest BCUT2D eigenvalue weighted by Crippen LogP contribution is -2.36. The molecule has 1 aliphatic rings. The average Bonchev–Trinajstić information content (AvgIpc) is 3.04. The number of nitrogens with two attached hydrogens (primary N) is 1. The molecule has 8 N–H and O–H groups in total. The molecule has 186 valence electrons. The summed E-state index contributed by atoms with van der Waals surface area (Å²) >= 11 is 0. The number of rotatable bonds is 10. The van der Waals surface area contributed by atoms with Crippen LogP contribution in [0.25, 0.3) is 0 Å². The molecular formula is C18H23N5O11. The Labute approximate surface area is 190 Å². The molecule has 1 aliphatic heterocycles. The number of ether oxygens (including phenoxy) is 1. The Morgan fingerprint density at radius 1 is 1.21 bits per heavy atom. The highest BCUT2D eigenvalue weighted by Crippen LogP contribution is 2.28. The predicted octanol–water partition coefficient (Wildman–Crippen LogP) is -3.72. The van der Waals surface area contributed by atoms with Crippen molar-refractivity contribution in [2.45, 2.75) is 43.4 Å². The molecule has 2 rings (SSSR count). The third kappa shape index (κ3) is 6.72. The zero-order chi connectivity index (χ0) is 25.6. The first kappa shape index (κ1) is 26.7. The van der Waals surface area contributed by atoms with Gasteiger partial charge in [0.2, 0.25) is 5.91 Å². The van der Waals surface area contributed by atoms with Crippen molar-refractivity contribution in [1.82, 2.24) is 9.55 Å². The summed E-state index contributed by atoms with van der Waals surface area (Å²) in [4.78, 5) is 65.2. The van der Waals surface area contributed by atoms with Crippen LogP contribution in [0.5, 0.6) is 0 Å². The zero-order valence-electron chi connectivity index (χ0n) is 17.4. The highest BCUT2D eigenvalue weighted by Gasteiger charge is 2.43. The van der Waals surface area contributed by atoms with Crippen LogP contribution < -0.4 is 16.7 Å². The minimum atomic E-state index is -1.54. The number of hydrogen-bond donors (Lipinski definition) is 7. The van der Waals surface area contributed by atoms with Gasteiger partial charge >= 0.3 is 17.6 Å². The molecule has 3 unspecified atom stereocenters. The van der Waals surface area contributed by atoms with Gasteiger partial charge in [-0.2, -0.15) is 4.98 Å². The molecule has 0 radical (unpaired) electrons. The molecule has 0 saturated carbocycles. The topological polar surface area (TPSA) is 264 Å². The lowest BCUT2D eigenvalue weighted by molar-refractivity contribution is -0.139. The SMILES string of the molecule is N[C@@H](CC(=O)O)C(=O)/N=C/C(CC(=O)O)C(=O)Nc1ccn([C@@H]2O[C@H](CO)C(O)C2O)c(=O)n1. The largest absolute Gasteiger partial charge is 0.481 e. The number of nitrogens with zero attached hydrogens (tertiary/aromatic N) is 3. The molecule has 2 heterocycles. The van der Waals surface area contributed by atoms with Gasteiger partial charge in [0.1, 0.15) is 24.1 Å². The summed E-state index contributed by atoms with van der Waals surface area (Å²) in [5.74, 6) is -6.65. The number of aromatic nitrogens is 2. The maximum atomic E-state index is 12.5. The van der Waals surface area contributed by atoms with Crippen LogP contribution in [0.3, 0.4) is 0 Å². The fourth-order valence-electron chi connectivity index (χ4n) is 2.94. The maximum Gasteiger partial charge on any atom is 0.351 e. The van der Waals surface area contributed by atoms with Gasteiger partial charge in [0.25, 0.3) is 5.91 Å². The Morgan fingerprint density at radius 2 is 1.85 bits per heavy atom. The van der Waals surface area contributed by atoms with Gasteiger partial charge < -0.3 is 41.3 Å². The van der Waals surface area contributed by atoms with Crippen molar-refractivity contribution >= 4 is 35.8 Å². The molecule has 1 aromatic rings. The molecule has 1 aromatic heterocycles. The second-order valence-corrected chi connectivity index (χ2v) is 7.25. The number of amides is 2. The number of carboxylic acids is 2. The molecule has 0 aromatic carbocycles. The summed E-state index contributed by atoms with van der Waals surface area (Å²) in [6.45, 7) is -0.610. The number of carboxylic acid groups (broad SMARTS) is 2. The molecule has 0 spiro atoms. The molecular weight excluding hydrogens is 462 g/mol. The smallest absolute Gasteiger partial charge is 0.351 e. The summed E-state index contributed by atoms with van der Waals surface area (Å²) in [6, 6.07) is -0.370. The normalized spacial score (nSPS) is 24.0. The number of anilines is 1. The van der Waals surface area contributed by atoms with Crippen LogP contribution in [0.4, 0.5) is 5.82 Å². The zero-order valence-corrected chi connectivity index (χ0v) is 17.4. The Bertz CT molecular complexity index is 1030. The van der Waals surface area contributed by atoms with Gasteiger partial charge in [-0.1, -0.05) is 0 Å². The van der Waals surface area contributed by atoms with E-state index in [0.717, 1.165) is 16.8 Å². The molecule has 16 heteroatoms. The second kappa shape index (κ2) is 11.5. The van der Waals surface area contributed by atoms with Crippen molar-refractivity contribution in [2.24, 2.45) is 16.6 Å². The first-order valence-corrected chi connectivity index (χ1v) is 9.74. The first-order valence-electron chi connectivity index (χ1n) is 9.74. The molecule has 0 aliphatic carbocycles. The van der Waals surface area contributed by atoms with Gasteiger partial charge in [0.05, 0.1) is 31.4 Å². The van der Waals surface area contributed by atoms with E-state index in [4.69, 9.17) is 25.8 Å². The van der Waals surface area contributed by atoms with E-state index in [1.54, 1.807) is 0 Å². The van der Waals surface area contributed by atoms with Crippen molar-refractivity contribution < 1.29 is 49.4 Å². The second-order valence-electron chi connectivity index (χ2n) is 7.25. The van der Waals surface area contributed by atoms with E-state index >= 15 is 0 Å². The molecule has 16 nitrogen and oxygen atoms in total. The van der Waals surface area contributed by atoms with Crippen molar-refractivity contribution in [3.05, 3.63) is 22.7 Å². The fourth-order valence-corrected chi connectivity index (χ4v) is 2.94. The number of aliphatic imine (C=N–C) groups is 1. The number of aliphatic hydroxyl groups excluding tert-OH is 3. The first-order chi connectivity index (χ1) is 15.9. The van der Waals surface area contributed by atoms with Crippen LogP contribution in [-0.2, 0) is 23.9 Å². The number of carbonyl (C=O) groups excluding carboxylic acids is 2. The van der Waals surface area contributed by atoms with Crippen LogP contribution >= 0.6 is 0 Å². The number of hydrogen-bond acceptors (Lipinski definition) is 11. The Morgan fingerprint density at radius 3 is 2.38 bits per heavy atom. The van der Waals surface area contributed by atoms with Crippen LogP contribution in [0.15, 0.2) is 22.1 Å². The lowest BCUT2D eigenvalue weighted by Gasteiger charge is -2.17. The Balaban J connectivity index is 2.14. The molecule has 2 amide bonds. The van der Waals surface area contributed by atoms with E-state index in [9.17, 15) is 34.2 Å². The average molecular weight is 485 g/mol. The Hall–Kier alpha value is -3.57. The summed E-state index contributed by atoms with van der Waals surface area (Å²) in [7, 11) is 0. The van der Waals surface area contributed by atoms with E-state index in [1.807, 2.05) is 0 Å². The van der Waals surface area contributed by atoms with E-state index in [-0.39, 0.29) is 5.82 Å². The van der Waals surface area contributed by atoms with E-state index in [0.29, 0.717) is 6.21 Å². The van der Waals surface area contributed by atoms with Gasteiger partial charge in [0, 0.05) is 12.4 Å². The number of nitrogens with one attached hydrogen (secondary N) is 1. The van der Waals surface area contributed by atoms with Gasteiger partial charge in [-0.25, -0.2) is 9.79 Å². The van der Waals surface area contributed by atoms with Crippen LogP contribution in [-0.4, -0.2) is 96.0 Å². The van der Waals surface area contributed by atoms with Crippen LogP contribution in [0.1, 0.15) is 19.1 Å². The summed E-state index contributed by atoms with van der Waals surface area (Å²) in [5, 5.41) is 48.8. The summed E-state index contributed by atoms with van der Waals surface area (Å²) in [6.07, 6.45) is -5.22. The highest BCUT2D eigenvalue weighted by atomic mass is 16.6. The lowest BCUT2D eigenvalue weighted by atomic mass is 10.1. The van der Waals surface area contributed by atoms with E-state index in [1.165, 1.54) is 0 Å². The molecule has 34 heavy (non-hydrogen) atoms. The van der Waals surface area contributed by atoms with E-state index in [2.05, 4.69) is 15.3 Å². The van der Waals surface area contributed by atoms with E-state index < -0.39 is 85.4 Å². The fraction of sp³-hybridized carbons (Fsp3) is 0.500. The summed E-state index contributed by atoms with van der Waals surface area (Å²) in [5.41, 5.74) is 4.35. The monoisotopic (exact) mass is 485 g/mol. The standard InChI is InChI=1S/C18H23N5O11/c19-8(4-12(27)28)16(32)20-5-7(3-11(25)26)15(31)21-10-1-2-23(18(33)22-10)17-14(30)13(29)9(6-24)34-17/h1-2,5,7-9,13-14,17,24,29-30H,3-4,6,19H2,(H,25,26)(H,27,28)(H,21,22,31,33)/b20-5+/t7?,8-,9+,13?,14?,17+/m0/s1. The van der Waals surface area contributed by atoms with Crippen molar-refractivity contribution in [3.8, 4) is 0 Å². The van der Waals surface area contributed by atoms with Gasteiger partial charge in [-0.3, -0.25) is 23.7 Å². The van der Waals surface area contributed by atoms with Crippen molar-refractivity contribution in [1.29, 1.82) is 0 Å². The third-order valence-electron chi connectivity index (χ3n) is 4.70. The predicted molar refractivity (Wildman–Crippen MR) is 110 cm³/mol. The molecule has 1 saturated heterocycles.